The Balaban J connectivity index is 5.20. The van der Waals surface area contributed by atoms with Gasteiger partial charge < -0.3 is 33.8 Å². The van der Waals surface area contributed by atoms with Crippen LogP contribution < -0.4 is 0 Å². The Morgan fingerprint density at radius 1 is 0.329 bits per heavy atom. The standard InChI is InChI=1S/C66H128O17P2/c1-8-12-13-30-40-47-63(68)76-53-61(82-66(71)50-43-36-29-23-22-26-33-39-46-59(7)11-4)55-80-84(72,73)78-51-60(67)52-79-85(74,75)81-56-62(83-65(70)49-42-35-28-21-17-15-19-25-32-38-45-58(6)10-3)54-77-64(69)48-41-34-27-20-16-14-18-24-31-37-44-57(5)9-2/h57-62,67H,8-56H2,1-7H3,(H,72,73)(H,74,75)/t57?,58?,59?,60-,61+,62+/m0/s1. The van der Waals surface area contributed by atoms with Crippen LogP contribution in [-0.2, 0) is 65.4 Å². The Hall–Kier alpha value is -1.94. The number of esters is 4. The fourth-order valence-electron chi connectivity index (χ4n) is 9.74. The van der Waals surface area contributed by atoms with Crippen LogP contribution in [0.1, 0.15) is 325 Å². The second-order valence-electron chi connectivity index (χ2n) is 24.6. The molecular formula is C66H128O17P2. The molecule has 0 saturated carbocycles. The first kappa shape index (κ1) is 83.1. The Bertz CT molecular complexity index is 1690. The fourth-order valence-corrected chi connectivity index (χ4v) is 11.3. The minimum atomic E-state index is -4.95. The number of aliphatic hydroxyl groups is 1. The molecular weight excluding hydrogens is 1130 g/mol. The van der Waals surface area contributed by atoms with Crippen molar-refractivity contribution in [3.63, 3.8) is 0 Å². The molecule has 0 aromatic carbocycles. The lowest BCUT2D eigenvalue weighted by Gasteiger charge is -2.21. The van der Waals surface area contributed by atoms with Gasteiger partial charge in [0.1, 0.15) is 19.3 Å². The van der Waals surface area contributed by atoms with Gasteiger partial charge in [-0.2, -0.15) is 0 Å². The molecule has 0 amide bonds. The molecule has 0 radical (unpaired) electrons. The molecule has 0 fully saturated rings. The van der Waals surface area contributed by atoms with Crippen molar-refractivity contribution in [2.24, 2.45) is 17.8 Å². The van der Waals surface area contributed by atoms with Crippen molar-refractivity contribution in [1.82, 2.24) is 0 Å². The summed E-state index contributed by atoms with van der Waals surface area (Å²) in [5.41, 5.74) is 0. The minimum Gasteiger partial charge on any atom is -0.462 e. The number of carbonyl (C=O) groups is 4. The zero-order chi connectivity index (χ0) is 63.1. The highest BCUT2D eigenvalue weighted by Gasteiger charge is 2.30. The number of hydrogen-bond donors (Lipinski definition) is 3. The summed E-state index contributed by atoms with van der Waals surface area (Å²) in [6.45, 7) is 11.8. The Morgan fingerprint density at radius 3 is 0.835 bits per heavy atom. The summed E-state index contributed by atoms with van der Waals surface area (Å²) in [4.78, 5) is 72.1. The van der Waals surface area contributed by atoms with Gasteiger partial charge in [0, 0.05) is 25.7 Å². The molecule has 3 N–H and O–H groups in total. The van der Waals surface area contributed by atoms with E-state index in [1.54, 1.807) is 0 Å². The van der Waals surface area contributed by atoms with Crippen LogP contribution in [0.5, 0.6) is 0 Å². The highest BCUT2D eigenvalue weighted by Crippen LogP contribution is 2.45. The number of hydrogen-bond acceptors (Lipinski definition) is 15. The van der Waals surface area contributed by atoms with Crippen LogP contribution in [0.4, 0.5) is 0 Å². The van der Waals surface area contributed by atoms with Gasteiger partial charge >= 0.3 is 39.5 Å². The third-order valence-corrected chi connectivity index (χ3v) is 18.1. The zero-order valence-electron chi connectivity index (χ0n) is 55.1. The molecule has 0 aliphatic carbocycles. The lowest BCUT2D eigenvalue weighted by Crippen LogP contribution is -2.30. The maximum absolute atomic E-state index is 13.0. The summed E-state index contributed by atoms with van der Waals surface area (Å²) >= 11 is 0. The zero-order valence-corrected chi connectivity index (χ0v) is 56.9. The third kappa shape index (κ3) is 57.0. The first-order valence-corrected chi connectivity index (χ1v) is 37.5. The van der Waals surface area contributed by atoms with E-state index in [-0.39, 0.29) is 25.7 Å². The largest absolute Gasteiger partial charge is 0.472 e. The van der Waals surface area contributed by atoms with Crippen LogP contribution in [0.15, 0.2) is 0 Å². The highest BCUT2D eigenvalue weighted by atomic mass is 31.2. The van der Waals surface area contributed by atoms with Crippen molar-refractivity contribution >= 4 is 39.5 Å². The van der Waals surface area contributed by atoms with Crippen molar-refractivity contribution in [3.05, 3.63) is 0 Å². The molecule has 19 heteroatoms. The summed E-state index contributed by atoms with van der Waals surface area (Å²) in [6, 6.07) is 0. The average Bonchev–Trinajstić information content (AvgIpc) is 3.53. The lowest BCUT2D eigenvalue weighted by molar-refractivity contribution is -0.161. The number of carbonyl (C=O) groups excluding carboxylic acids is 4. The maximum atomic E-state index is 13.0. The molecule has 0 saturated heterocycles. The predicted molar refractivity (Wildman–Crippen MR) is 340 cm³/mol. The quantitative estimate of drug-likeness (QED) is 0.0222. The van der Waals surface area contributed by atoms with Gasteiger partial charge in [0.05, 0.1) is 26.4 Å². The maximum Gasteiger partial charge on any atom is 0.472 e. The van der Waals surface area contributed by atoms with Gasteiger partial charge in [-0.05, 0) is 43.4 Å². The van der Waals surface area contributed by atoms with Crippen molar-refractivity contribution in [3.8, 4) is 0 Å². The molecule has 8 atom stereocenters. The van der Waals surface area contributed by atoms with Crippen molar-refractivity contribution in [2.45, 2.75) is 343 Å². The number of rotatable bonds is 64. The molecule has 0 aromatic rings. The second-order valence-corrected chi connectivity index (χ2v) is 27.5. The number of aliphatic hydroxyl groups excluding tert-OH is 1. The minimum absolute atomic E-state index is 0.104. The average molecular weight is 1260 g/mol. The first-order chi connectivity index (χ1) is 40.8. The summed E-state index contributed by atoms with van der Waals surface area (Å²) in [6.07, 6.45) is 39.1. The van der Waals surface area contributed by atoms with E-state index in [9.17, 15) is 43.2 Å². The van der Waals surface area contributed by atoms with Crippen molar-refractivity contribution < 1.29 is 80.2 Å². The first-order valence-electron chi connectivity index (χ1n) is 34.5. The summed E-state index contributed by atoms with van der Waals surface area (Å²) in [5.74, 6) is 0.239. The number of phosphoric ester groups is 2. The van der Waals surface area contributed by atoms with Crippen molar-refractivity contribution in [2.75, 3.05) is 39.6 Å². The second kappa shape index (κ2) is 57.2. The van der Waals surface area contributed by atoms with Gasteiger partial charge in [-0.25, -0.2) is 9.13 Å². The van der Waals surface area contributed by atoms with E-state index in [4.69, 9.17) is 37.0 Å². The molecule has 0 spiro atoms. The highest BCUT2D eigenvalue weighted by molar-refractivity contribution is 7.47. The van der Waals surface area contributed by atoms with Gasteiger partial charge in [-0.15, -0.1) is 0 Å². The van der Waals surface area contributed by atoms with Crippen LogP contribution in [0.25, 0.3) is 0 Å². The Morgan fingerprint density at radius 2 is 0.565 bits per heavy atom. The van der Waals surface area contributed by atoms with E-state index in [2.05, 4.69) is 48.5 Å². The van der Waals surface area contributed by atoms with Gasteiger partial charge in [0.25, 0.3) is 0 Å². The van der Waals surface area contributed by atoms with Gasteiger partial charge in [-0.3, -0.25) is 37.3 Å². The predicted octanol–water partition coefficient (Wildman–Crippen LogP) is 18.3. The van der Waals surface area contributed by atoms with Gasteiger partial charge in [-0.1, -0.05) is 273 Å². The number of phosphoric acid groups is 2. The lowest BCUT2D eigenvalue weighted by atomic mass is 9.99. The summed E-state index contributed by atoms with van der Waals surface area (Å²) < 4.78 is 67.9. The molecule has 0 heterocycles. The van der Waals surface area contributed by atoms with Crippen LogP contribution in [0.3, 0.4) is 0 Å². The van der Waals surface area contributed by atoms with E-state index in [1.807, 2.05) is 0 Å². The summed E-state index contributed by atoms with van der Waals surface area (Å²) in [5, 5.41) is 10.5. The SMILES string of the molecule is CCCCCCCC(=O)OC[C@H](COP(=O)(O)OC[C@H](O)COP(=O)(O)OC[C@@H](COC(=O)CCCCCCCCCCCCC(C)CC)OC(=O)CCCCCCCCCCCCC(C)CC)OC(=O)CCCCCCCCCCC(C)CC. The van der Waals surface area contributed by atoms with Gasteiger partial charge in [0.2, 0.25) is 0 Å². The fraction of sp³-hybridized carbons (Fsp3) is 0.939. The molecule has 0 rings (SSSR count). The third-order valence-electron chi connectivity index (χ3n) is 16.2. The molecule has 504 valence electrons. The molecule has 17 nitrogen and oxygen atoms in total. The molecule has 0 bridgehead atoms. The van der Waals surface area contributed by atoms with E-state index in [1.165, 1.54) is 128 Å². The molecule has 0 aromatic heterocycles. The van der Waals surface area contributed by atoms with E-state index in [0.29, 0.717) is 25.7 Å². The molecule has 85 heavy (non-hydrogen) atoms. The normalized spacial score (nSPS) is 15.3. The summed E-state index contributed by atoms with van der Waals surface area (Å²) in [7, 11) is -9.89. The molecule has 5 unspecified atom stereocenters. The smallest absolute Gasteiger partial charge is 0.462 e. The van der Waals surface area contributed by atoms with Crippen molar-refractivity contribution in [1.29, 1.82) is 0 Å². The van der Waals surface area contributed by atoms with E-state index >= 15 is 0 Å². The van der Waals surface area contributed by atoms with E-state index in [0.717, 1.165) is 114 Å². The monoisotopic (exact) mass is 1250 g/mol. The topological polar surface area (TPSA) is 237 Å². The molecule has 0 aliphatic rings. The van der Waals surface area contributed by atoms with E-state index < -0.39 is 97.5 Å². The number of unbranched alkanes of at least 4 members (excludes halogenated alkanes) is 29. The van der Waals surface area contributed by atoms with Crippen LogP contribution >= 0.6 is 15.6 Å². The Labute approximate surface area is 517 Å². The van der Waals surface area contributed by atoms with Crippen LogP contribution in [0.2, 0.25) is 0 Å². The Kier molecular flexibility index (Phi) is 55.9. The van der Waals surface area contributed by atoms with Crippen LogP contribution in [0, 0.1) is 17.8 Å². The van der Waals surface area contributed by atoms with Gasteiger partial charge in [0.15, 0.2) is 12.2 Å². The molecule has 0 aliphatic heterocycles. The number of ether oxygens (including phenoxy) is 4. The van der Waals surface area contributed by atoms with Crippen LogP contribution in [-0.4, -0.2) is 96.7 Å².